The van der Waals surface area contributed by atoms with Crippen molar-refractivity contribution in [1.82, 2.24) is 0 Å². The number of primary amides is 1. The monoisotopic (exact) mass is 264 g/mol. The van der Waals surface area contributed by atoms with Crippen LogP contribution in [0.5, 0.6) is 0 Å². The van der Waals surface area contributed by atoms with E-state index in [0.29, 0.717) is 15.8 Å². The summed E-state index contributed by atoms with van der Waals surface area (Å²) in [6.07, 6.45) is 0. The molecule has 1 aromatic carbocycles. The van der Waals surface area contributed by atoms with E-state index in [1.165, 1.54) is 11.8 Å². The molecule has 0 aliphatic carbocycles. The molecule has 1 unspecified atom stereocenters. The van der Waals surface area contributed by atoms with Crippen molar-refractivity contribution in [2.24, 2.45) is 11.5 Å². The van der Waals surface area contributed by atoms with Crippen molar-refractivity contribution >= 4 is 40.9 Å². The van der Waals surface area contributed by atoms with E-state index in [4.69, 9.17) is 34.7 Å². The van der Waals surface area contributed by atoms with E-state index in [0.717, 1.165) is 4.90 Å². The van der Waals surface area contributed by atoms with Gasteiger partial charge in [-0.2, -0.15) is 0 Å². The second-order valence-corrected chi connectivity index (χ2v) is 4.80. The number of amides is 1. The second-order valence-electron chi connectivity index (χ2n) is 2.89. The molecule has 0 spiro atoms. The lowest BCUT2D eigenvalue weighted by molar-refractivity contribution is -0.118. The number of benzene rings is 1. The van der Waals surface area contributed by atoms with Gasteiger partial charge in [0.15, 0.2) is 0 Å². The molecule has 15 heavy (non-hydrogen) atoms. The minimum absolute atomic E-state index is 0.384. The highest BCUT2D eigenvalue weighted by atomic mass is 35.5. The zero-order chi connectivity index (χ0) is 11.4. The predicted octanol–water partition coefficient (Wildman–Crippen LogP) is 1.90. The van der Waals surface area contributed by atoms with Crippen LogP contribution in [0.3, 0.4) is 0 Å². The quantitative estimate of drug-likeness (QED) is 0.817. The van der Waals surface area contributed by atoms with Crippen molar-refractivity contribution < 1.29 is 4.79 Å². The molecular weight excluding hydrogens is 255 g/mol. The van der Waals surface area contributed by atoms with E-state index < -0.39 is 11.9 Å². The van der Waals surface area contributed by atoms with Crippen molar-refractivity contribution in [1.29, 1.82) is 0 Å². The third kappa shape index (κ3) is 3.91. The third-order valence-corrected chi connectivity index (χ3v) is 3.53. The van der Waals surface area contributed by atoms with E-state index in [9.17, 15) is 4.79 Å². The van der Waals surface area contributed by atoms with Crippen LogP contribution in [0.25, 0.3) is 0 Å². The first-order valence-corrected chi connectivity index (χ1v) is 5.87. The molecule has 0 aromatic heterocycles. The smallest absolute Gasteiger partial charge is 0.235 e. The zero-order valence-corrected chi connectivity index (χ0v) is 10.1. The molecule has 82 valence electrons. The molecule has 0 bridgehead atoms. The van der Waals surface area contributed by atoms with E-state index in [-0.39, 0.29) is 0 Å². The van der Waals surface area contributed by atoms with Crippen molar-refractivity contribution in [3.63, 3.8) is 0 Å². The Bertz CT molecular complexity index is 373. The maximum absolute atomic E-state index is 10.7. The van der Waals surface area contributed by atoms with Crippen LogP contribution in [0.2, 0.25) is 10.0 Å². The number of nitrogens with two attached hydrogens (primary N) is 2. The van der Waals surface area contributed by atoms with Gasteiger partial charge in [0.2, 0.25) is 5.91 Å². The normalized spacial score (nSPS) is 12.5. The van der Waals surface area contributed by atoms with Gasteiger partial charge < -0.3 is 11.5 Å². The Morgan fingerprint density at radius 2 is 2.13 bits per heavy atom. The lowest BCUT2D eigenvalue weighted by Gasteiger charge is -2.08. The number of hydrogen-bond donors (Lipinski definition) is 2. The number of carbonyl (C=O) groups excluding carboxylic acids is 1. The summed E-state index contributed by atoms with van der Waals surface area (Å²) in [7, 11) is 0. The summed E-state index contributed by atoms with van der Waals surface area (Å²) in [5.74, 6) is -0.143. The first-order valence-electron chi connectivity index (χ1n) is 4.13. The highest BCUT2D eigenvalue weighted by molar-refractivity contribution is 7.99. The molecule has 3 nitrogen and oxygen atoms in total. The molecule has 6 heteroatoms. The van der Waals surface area contributed by atoms with Gasteiger partial charge in [-0.15, -0.1) is 11.8 Å². The van der Waals surface area contributed by atoms with Crippen LogP contribution in [-0.2, 0) is 4.79 Å². The zero-order valence-electron chi connectivity index (χ0n) is 7.74. The van der Waals surface area contributed by atoms with E-state index in [2.05, 4.69) is 0 Å². The van der Waals surface area contributed by atoms with Crippen molar-refractivity contribution in [2.75, 3.05) is 5.75 Å². The van der Waals surface area contributed by atoms with Gasteiger partial charge in [0.05, 0.1) is 11.1 Å². The SMILES string of the molecule is NC(=O)C(N)CSc1cc(Cl)ccc1Cl. The Labute approximate surface area is 102 Å². The average molecular weight is 265 g/mol. The van der Waals surface area contributed by atoms with E-state index >= 15 is 0 Å². The minimum atomic E-state index is -0.676. The van der Waals surface area contributed by atoms with Crippen LogP contribution < -0.4 is 11.5 Å². The van der Waals surface area contributed by atoms with Gasteiger partial charge in [0.1, 0.15) is 0 Å². The van der Waals surface area contributed by atoms with Crippen LogP contribution in [-0.4, -0.2) is 17.7 Å². The van der Waals surface area contributed by atoms with Gasteiger partial charge in [0, 0.05) is 15.7 Å². The number of hydrogen-bond acceptors (Lipinski definition) is 3. The van der Waals surface area contributed by atoms with Gasteiger partial charge in [-0.3, -0.25) is 4.79 Å². The summed E-state index contributed by atoms with van der Waals surface area (Å²) in [6, 6.07) is 4.44. The summed E-state index contributed by atoms with van der Waals surface area (Å²) in [4.78, 5) is 11.5. The topological polar surface area (TPSA) is 69.1 Å². The fourth-order valence-electron chi connectivity index (χ4n) is 0.850. The van der Waals surface area contributed by atoms with Gasteiger partial charge in [-0.1, -0.05) is 23.2 Å². The minimum Gasteiger partial charge on any atom is -0.368 e. The van der Waals surface area contributed by atoms with E-state index in [1.54, 1.807) is 18.2 Å². The summed E-state index contributed by atoms with van der Waals surface area (Å²) in [5.41, 5.74) is 10.5. The molecule has 1 amide bonds. The first-order chi connectivity index (χ1) is 7.00. The van der Waals surface area contributed by atoms with Crippen molar-refractivity contribution in [3.8, 4) is 0 Å². The van der Waals surface area contributed by atoms with Crippen LogP contribution in [0.1, 0.15) is 0 Å². The van der Waals surface area contributed by atoms with Gasteiger partial charge in [-0.25, -0.2) is 0 Å². The number of halogens is 2. The molecule has 0 radical (unpaired) electrons. The molecule has 0 saturated heterocycles. The second kappa shape index (κ2) is 5.61. The summed E-state index contributed by atoms with van der Waals surface area (Å²) < 4.78 is 0. The molecule has 4 N–H and O–H groups in total. The Morgan fingerprint density at radius 1 is 1.47 bits per heavy atom. The van der Waals surface area contributed by atoms with Crippen molar-refractivity contribution in [3.05, 3.63) is 28.2 Å². The van der Waals surface area contributed by atoms with Crippen LogP contribution in [0, 0.1) is 0 Å². The predicted molar refractivity (Wildman–Crippen MR) is 64.4 cm³/mol. The number of rotatable bonds is 4. The third-order valence-electron chi connectivity index (χ3n) is 1.68. The van der Waals surface area contributed by atoms with Crippen LogP contribution in [0.4, 0.5) is 0 Å². The fourth-order valence-corrected chi connectivity index (χ4v) is 2.31. The molecule has 0 saturated carbocycles. The molecule has 0 aliphatic rings. The molecule has 0 heterocycles. The lowest BCUT2D eigenvalue weighted by atomic mass is 10.3. The average Bonchev–Trinajstić information content (AvgIpc) is 2.18. The Morgan fingerprint density at radius 3 is 2.73 bits per heavy atom. The molecule has 1 rings (SSSR count). The molecule has 1 atom stereocenters. The van der Waals surface area contributed by atoms with Gasteiger partial charge in [-0.05, 0) is 18.2 Å². The lowest BCUT2D eigenvalue weighted by Crippen LogP contribution is -2.38. The fraction of sp³-hybridized carbons (Fsp3) is 0.222. The standard InChI is InChI=1S/C9H10Cl2N2OS/c10-5-1-2-6(11)8(3-5)15-4-7(12)9(13)14/h1-3,7H,4,12H2,(H2,13,14). The highest BCUT2D eigenvalue weighted by Gasteiger charge is 2.11. The Kier molecular flexibility index (Phi) is 4.73. The highest BCUT2D eigenvalue weighted by Crippen LogP contribution is 2.29. The maximum atomic E-state index is 10.7. The van der Waals surface area contributed by atoms with Gasteiger partial charge in [0.25, 0.3) is 0 Å². The van der Waals surface area contributed by atoms with Gasteiger partial charge >= 0.3 is 0 Å². The van der Waals surface area contributed by atoms with Crippen molar-refractivity contribution in [2.45, 2.75) is 10.9 Å². The summed E-state index contributed by atoms with van der Waals surface area (Å²) in [6.45, 7) is 0. The number of carbonyl (C=O) groups is 1. The maximum Gasteiger partial charge on any atom is 0.235 e. The van der Waals surface area contributed by atoms with Crippen LogP contribution >= 0.6 is 35.0 Å². The molecule has 0 fully saturated rings. The van der Waals surface area contributed by atoms with Crippen LogP contribution in [0.15, 0.2) is 23.1 Å². The summed E-state index contributed by atoms with van der Waals surface area (Å²) >= 11 is 13.1. The molecule has 1 aromatic rings. The Hall–Kier alpha value is -0.420. The largest absolute Gasteiger partial charge is 0.368 e. The number of thioether (sulfide) groups is 1. The molecular formula is C9H10Cl2N2OS. The molecule has 0 aliphatic heterocycles. The van der Waals surface area contributed by atoms with E-state index in [1.807, 2.05) is 0 Å². The Balaban J connectivity index is 2.65. The summed E-state index contributed by atoms with van der Waals surface area (Å²) in [5, 5.41) is 1.18. The first kappa shape index (κ1) is 12.6.